The summed E-state index contributed by atoms with van der Waals surface area (Å²) in [5, 5.41) is 11.4. The van der Waals surface area contributed by atoms with E-state index in [0.717, 1.165) is 43.5 Å². The lowest BCUT2D eigenvalue weighted by molar-refractivity contribution is 0.0727. The first-order chi connectivity index (χ1) is 11.7. The van der Waals surface area contributed by atoms with E-state index in [0.29, 0.717) is 5.56 Å². The molecule has 2 aliphatic rings. The number of aromatic nitrogens is 4. The molecule has 1 saturated carbocycles. The van der Waals surface area contributed by atoms with E-state index < -0.39 is 0 Å². The van der Waals surface area contributed by atoms with Crippen LogP contribution in [0.25, 0.3) is 0 Å². The topological polar surface area (TPSA) is 75.9 Å². The minimum absolute atomic E-state index is 0.00216. The van der Waals surface area contributed by atoms with Crippen LogP contribution >= 0.6 is 0 Å². The molecule has 4 rings (SSSR count). The number of carbonyl (C=O) groups excluding carboxylic acids is 1. The summed E-state index contributed by atoms with van der Waals surface area (Å²) in [5.74, 6) is 2.49. The van der Waals surface area contributed by atoms with Crippen LogP contribution in [0.3, 0.4) is 0 Å². The van der Waals surface area contributed by atoms with Gasteiger partial charge < -0.3 is 14.8 Å². The zero-order valence-electron chi connectivity index (χ0n) is 13.9. The van der Waals surface area contributed by atoms with Gasteiger partial charge in [0.25, 0.3) is 5.91 Å². The van der Waals surface area contributed by atoms with Crippen molar-refractivity contribution in [2.45, 2.75) is 31.7 Å². The molecule has 0 bridgehead atoms. The number of aryl methyl sites for hydroxylation is 1. The average Bonchev–Trinajstić information content (AvgIpc) is 3.14. The lowest BCUT2D eigenvalue weighted by Crippen LogP contribution is -2.32. The molecule has 1 amide bonds. The molecular weight excluding hydrogens is 304 g/mol. The van der Waals surface area contributed by atoms with E-state index in [9.17, 15) is 4.79 Å². The van der Waals surface area contributed by atoms with Crippen LogP contribution in [0, 0.1) is 5.92 Å². The smallest absolute Gasteiger partial charge is 0.256 e. The Morgan fingerprint density at radius 3 is 2.88 bits per heavy atom. The summed E-state index contributed by atoms with van der Waals surface area (Å²) in [4.78, 5) is 19.1. The Bertz CT molecular complexity index is 721. The van der Waals surface area contributed by atoms with E-state index in [1.165, 1.54) is 12.8 Å². The monoisotopic (exact) mass is 326 g/mol. The van der Waals surface area contributed by atoms with Gasteiger partial charge in [-0.15, -0.1) is 10.2 Å². The van der Waals surface area contributed by atoms with Crippen LogP contribution in [-0.2, 0) is 7.05 Å². The van der Waals surface area contributed by atoms with Crippen LogP contribution in [-0.4, -0.2) is 43.6 Å². The number of hydrogen-bond acceptors (Lipinski definition) is 5. The Labute approximate surface area is 141 Å². The molecule has 1 saturated heterocycles. The molecule has 2 fully saturated rings. The highest BCUT2D eigenvalue weighted by Crippen LogP contribution is 2.32. The van der Waals surface area contributed by atoms with Gasteiger partial charge in [-0.05, 0) is 43.7 Å². The van der Waals surface area contributed by atoms with Crippen LogP contribution in [0.2, 0.25) is 0 Å². The maximum absolute atomic E-state index is 12.9. The minimum atomic E-state index is -0.00216. The van der Waals surface area contributed by atoms with Crippen molar-refractivity contribution < 1.29 is 4.79 Å². The van der Waals surface area contributed by atoms with Crippen molar-refractivity contribution in [3.8, 4) is 0 Å². The predicted octanol–water partition coefficient (Wildman–Crippen LogP) is 2.01. The van der Waals surface area contributed by atoms with Gasteiger partial charge >= 0.3 is 0 Å². The molecule has 1 atom stereocenters. The Morgan fingerprint density at radius 1 is 1.33 bits per heavy atom. The molecule has 7 heteroatoms. The molecular formula is C17H22N6O. The van der Waals surface area contributed by atoms with Gasteiger partial charge in [-0.1, -0.05) is 0 Å². The molecule has 1 N–H and O–H groups in total. The summed E-state index contributed by atoms with van der Waals surface area (Å²) in [6, 6.07) is 3.75. The number of nitrogens with zero attached hydrogens (tertiary/aromatic N) is 5. The summed E-state index contributed by atoms with van der Waals surface area (Å²) >= 11 is 0. The molecule has 1 unspecified atom stereocenters. The first-order valence-corrected chi connectivity index (χ1v) is 8.57. The van der Waals surface area contributed by atoms with E-state index in [1.54, 1.807) is 12.5 Å². The van der Waals surface area contributed by atoms with Gasteiger partial charge in [0.2, 0.25) is 0 Å². The molecule has 0 radical (unpaired) electrons. The highest BCUT2D eigenvalue weighted by molar-refractivity contribution is 5.94. The highest BCUT2D eigenvalue weighted by Gasteiger charge is 2.33. The van der Waals surface area contributed by atoms with Gasteiger partial charge in [0.15, 0.2) is 5.82 Å². The summed E-state index contributed by atoms with van der Waals surface area (Å²) in [7, 11) is 1.91. The lowest BCUT2D eigenvalue weighted by Gasteiger charge is -2.23. The number of anilines is 1. The molecule has 1 aliphatic carbocycles. The van der Waals surface area contributed by atoms with E-state index >= 15 is 0 Å². The van der Waals surface area contributed by atoms with Gasteiger partial charge in [0.05, 0.1) is 11.6 Å². The molecule has 2 aromatic rings. The normalized spacial score (nSPS) is 20.4. The van der Waals surface area contributed by atoms with E-state index in [1.807, 2.05) is 28.6 Å². The molecule has 2 aromatic heterocycles. The molecule has 1 aliphatic heterocycles. The van der Waals surface area contributed by atoms with Crippen molar-refractivity contribution in [2.24, 2.45) is 13.0 Å². The second-order valence-corrected chi connectivity index (χ2v) is 6.71. The first-order valence-electron chi connectivity index (χ1n) is 8.57. The van der Waals surface area contributed by atoms with Gasteiger partial charge in [0, 0.05) is 26.3 Å². The Balaban J connectivity index is 1.46. The Morgan fingerprint density at radius 2 is 2.21 bits per heavy atom. The number of pyridine rings is 1. The van der Waals surface area contributed by atoms with Crippen molar-refractivity contribution >= 4 is 11.7 Å². The van der Waals surface area contributed by atoms with Gasteiger partial charge in [-0.3, -0.25) is 4.79 Å². The van der Waals surface area contributed by atoms with E-state index in [2.05, 4.69) is 20.5 Å². The maximum atomic E-state index is 12.9. The van der Waals surface area contributed by atoms with E-state index in [4.69, 9.17) is 0 Å². The molecule has 0 spiro atoms. The fraction of sp³-hybridized carbons (Fsp3) is 0.529. The number of likely N-dealkylation sites (tertiary alicyclic amines) is 1. The zero-order valence-corrected chi connectivity index (χ0v) is 13.9. The lowest BCUT2D eigenvalue weighted by atomic mass is 10.2. The SMILES string of the molecule is Cn1cnnc1C1CCCN1C(=O)c1ccc(NCC2CC2)nc1. The summed E-state index contributed by atoms with van der Waals surface area (Å²) < 4.78 is 1.89. The molecule has 0 aromatic carbocycles. The average molecular weight is 326 g/mol. The quantitative estimate of drug-likeness (QED) is 0.909. The zero-order chi connectivity index (χ0) is 16.5. The largest absolute Gasteiger partial charge is 0.370 e. The molecule has 3 heterocycles. The van der Waals surface area contributed by atoms with Crippen LogP contribution in [0.1, 0.15) is 47.9 Å². The van der Waals surface area contributed by atoms with Gasteiger partial charge in [-0.2, -0.15) is 0 Å². The number of hydrogen-bond donors (Lipinski definition) is 1. The first kappa shape index (κ1) is 15.1. The number of amides is 1. The fourth-order valence-electron chi connectivity index (χ4n) is 3.23. The molecule has 126 valence electrons. The van der Waals surface area contributed by atoms with E-state index in [-0.39, 0.29) is 11.9 Å². The standard InChI is InChI=1S/C17H22N6O/c1-22-11-20-21-16(22)14-3-2-8-23(14)17(24)13-6-7-15(19-10-13)18-9-12-4-5-12/h6-7,10-12,14H,2-5,8-9H2,1H3,(H,18,19). The van der Waals surface area contributed by atoms with Crippen molar-refractivity contribution in [2.75, 3.05) is 18.4 Å². The number of rotatable bonds is 5. The highest BCUT2D eigenvalue weighted by atomic mass is 16.2. The molecule has 7 nitrogen and oxygen atoms in total. The second-order valence-electron chi connectivity index (χ2n) is 6.71. The third-order valence-corrected chi connectivity index (χ3v) is 4.84. The van der Waals surface area contributed by atoms with Crippen molar-refractivity contribution in [3.05, 3.63) is 36.0 Å². The van der Waals surface area contributed by atoms with Crippen LogP contribution in [0.4, 0.5) is 5.82 Å². The number of nitrogens with one attached hydrogen (secondary N) is 1. The van der Waals surface area contributed by atoms with Crippen molar-refractivity contribution in [3.63, 3.8) is 0 Å². The van der Waals surface area contributed by atoms with Crippen LogP contribution in [0.15, 0.2) is 24.7 Å². The Kier molecular flexibility index (Phi) is 3.92. The second kappa shape index (κ2) is 6.22. The minimum Gasteiger partial charge on any atom is -0.370 e. The summed E-state index contributed by atoms with van der Waals surface area (Å²) in [6.45, 7) is 1.72. The summed E-state index contributed by atoms with van der Waals surface area (Å²) in [6.07, 6.45) is 7.87. The predicted molar refractivity (Wildman–Crippen MR) is 89.5 cm³/mol. The molecule has 24 heavy (non-hydrogen) atoms. The fourth-order valence-corrected chi connectivity index (χ4v) is 3.23. The van der Waals surface area contributed by atoms with Gasteiger partial charge in [-0.25, -0.2) is 4.98 Å². The van der Waals surface area contributed by atoms with Crippen LogP contribution < -0.4 is 5.32 Å². The summed E-state index contributed by atoms with van der Waals surface area (Å²) in [5.41, 5.74) is 0.626. The maximum Gasteiger partial charge on any atom is 0.256 e. The van der Waals surface area contributed by atoms with Gasteiger partial charge in [0.1, 0.15) is 12.1 Å². The number of carbonyl (C=O) groups is 1. The van der Waals surface area contributed by atoms with Crippen molar-refractivity contribution in [1.29, 1.82) is 0 Å². The van der Waals surface area contributed by atoms with Crippen molar-refractivity contribution in [1.82, 2.24) is 24.6 Å². The van der Waals surface area contributed by atoms with Crippen LogP contribution in [0.5, 0.6) is 0 Å². The Hall–Kier alpha value is -2.44. The third kappa shape index (κ3) is 2.98. The third-order valence-electron chi connectivity index (χ3n) is 4.84.